The first-order valence-corrected chi connectivity index (χ1v) is 7.48. The van der Waals surface area contributed by atoms with E-state index in [1.54, 1.807) is 0 Å². The van der Waals surface area contributed by atoms with Gasteiger partial charge in [-0.1, -0.05) is 0 Å². The van der Waals surface area contributed by atoms with Crippen molar-refractivity contribution in [2.45, 2.75) is 13.3 Å². The lowest BCUT2D eigenvalue weighted by Gasteiger charge is -2.03. The van der Waals surface area contributed by atoms with E-state index in [0.29, 0.717) is 12.0 Å². The van der Waals surface area contributed by atoms with Crippen LogP contribution < -0.4 is 0 Å². The molecule has 82 valence electrons. The highest BCUT2D eigenvalue weighted by Crippen LogP contribution is 2.24. The molecule has 0 aromatic carbocycles. The first-order valence-electron chi connectivity index (χ1n) is 4.78. The zero-order valence-corrected chi connectivity index (χ0v) is 10.0. The van der Waals surface area contributed by atoms with Gasteiger partial charge < -0.3 is 0 Å². The molecule has 2 rings (SSSR count). The molecule has 1 unspecified atom stereocenters. The average molecular weight is 244 g/mol. The number of thiophene rings is 1. The zero-order valence-electron chi connectivity index (χ0n) is 8.39. The zero-order chi connectivity index (χ0) is 11.1. The number of hydrogen-bond donors (Lipinski definition) is 0. The monoisotopic (exact) mass is 244 g/mol. The molecule has 5 heteroatoms. The third kappa shape index (κ3) is 2.29. The van der Waals surface area contributed by atoms with E-state index < -0.39 is 9.84 Å². The normalized spacial score (nSPS) is 24.2. The number of aryl methyl sites for hydroxylation is 1. The molecule has 0 amide bonds. The maximum Gasteiger partial charge on any atom is 0.167 e. The molecule has 1 atom stereocenters. The summed E-state index contributed by atoms with van der Waals surface area (Å²) in [7, 11) is -2.96. The Morgan fingerprint density at radius 3 is 2.73 bits per heavy atom. The third-order valence-electron chi connectivity index (χ3n) is 2.62. The van der Waals surface area contributed by atoms with Gasteiger partial charge in [-0.05, 0) is 19.4 Å². The molecule has 1 aliphatic heterocycles. The van der Waals surface area contributed by atoms with E-state index in [0.717, 1.165) is 4.88 Å². The van der Waals surface area contributed by atoms with Gasteiger partial charge in [0.15, 0.2) is 15.6 Å². The van der Waals surface area contributed by atoms with Crippen LogP contribution in [0.5, 0.6) is 0 Å². The van der Waals surface area contributed by atoms with Crippen LogP contribution in [0.15, 0.2) is 11.4 Å². The van der Waals surface area contributed by atoms with Gasteiger partial charge in [0.1, 0.15) is 0 Å². The molecule has 15 heavy (non-hydrogen) atoms. The fourth-order valence-corrected chi connectivity index (χ4v) is 4.24. The summed E-state index contributed by atoms with van der Waals surface area (Å²) < 4.78 is 22.5. The standard InChI is InChI=1S/C10H12O3S2/c1-7-4-9(5-14-7)10(11)8-2-3-15(12,13)6-8/h4-5,8H,2-3,6H2,1H3. The van der Waals surface area contributed by atoms with Crippen molar-refractivity contribution in [1.82, 2.24) is 0 Å². The molecule has 0 bridgehead atoms. The van der Waals surface area contributed by atoms with E-state index in [-0.39, 0.29) is 23.2 Å². The summed E-state index contributed by atoms with van der Waals surface area (Å²) in [4.78, 5) is 13.0. The summed E-state index contributed by atoms with van der Waals surface area (Å²) in [5.41, 5.74) is 0.666. The number of rotatable bonds is 2. The Labute approximate surface area is 93.0 Å². The Morgan fingerprint density at radius 2 is 2.27 bits per heavy atom. The molecule has 0 spiro atoms. The first kappa shape index (κ1) is 10.8. The summed E-state index contributed by atoms with van der Waals surface area (Å²) in [6.07, 6.45) is 0.482. The van der Waals surface area contributed by atoms with Crippen LogP contribution in [0.3, 0.4) is 0 Å². The number of ketones is 1. The molecule has 0 aliphatic carbocycles. The highest BCUT2D eigenvalue weighted by atomic mass is 32.2. The largest absolute Gasteiger partial charge is 0.294 e. The average Bonchev–Trinajstić information content (AvgIpc) is 2.71. The molecule has 3 nitrogen and oxygen atoms in total. The van der Waals surface area contributed by atoms with Gasteiger partial charge in [0.2, 0.25) is 0 Å². The molecule has 1 aliphatic rings. The van der Waals surface area contributed by atoms with Crippen molar-refractivity contribution >= 4 is 27.0 Å². The fourth-order valence-electron chi connectivity index (χ4n) is 1.81. The SMILES string of the molecule is Cc1cc(C(=O)C2CCS(=O)(=O)C2)cs1. The van der Waals surface area contributed by atoms with Crippen molar-refractivity contribution in [3.8, 4) is 0 Å². The van der Waals surface area contributed by atoms with Crippen LogP contribution in [-0.2, 0) is 9.84 Å². The van der Waals surface area contributed by atoms with E-state index >= 15 is 0 Å². The summed E-state index contributed by atoms with van der Waals surface area (Å²) in [5.74, 6) is -0.141. The van der Waals surface area contributed by atoms with Crippen molar-refractivity contribution < 1.29 is 13.2 Å². The van der Waals surface area contributed by atoms with Gasteiger partial charge in [0.25, 0.3) is 0 Å². The number of carbonyl (C=O) groups excluding carboxylic acids is 1. The molecule has 2 heterocycles. The molecule has 1 saturated heterocycles. The Kier molecular flexibility index (Phi) is 2.68. The van der Waals surface area contributed by atoms with Crippen molar-refractivity contribution in [2.24, 2.45) is 5.92 Å². The van der Waals surface area contributed by atoms with Crippen LogP contribution in [0, 0.1) is 12.8 Å². The van der Waals surface area contributed by atoms with Gasteiger partial charge in [-0.2, -0.15) is 0 Å². The van der Waals surface area contributed by atoms with Gasteiger partial charge in [0, 0.05) is 21.7 Å². The maximum absolute atomic E-state index is 11.9. The molecule has 1 aromatic heterocycles. The van der Waals surface area contributed by atoms with Gasteiger partial charge in [-0.25, -0.2) is 8.42 Å². The van der Waals surface area contributed by atoms with Crippen LogP contribution in [0.4, 0.5) is 0 Å². The lowest BCUT2D eigenvalue weighted by molar-refractivity contribution is 0.0933. The lowest BCUT2D eigenvalue weighted by atomic mass is 9.99. The predicted molar refractivity (Wildman–Crippen MR) is 60.1 cm³/mol. The van der Waals surface area contributed by atoms with Crippen molar-refractivity contribution in [3.05, 3.63) is 21.9 Å². The lowest BCUT2D eigenvalue weighted by Crippen LogP contribution is -2.15. The first-order chi connectivity index (χ1) is 6.98. The van der Waals surface area contributed by atoms with Crippen LogP contribution in [0.25, 0.3) is 0 Å². The van der Waals surface area contributed by atoms with Crippen LogP contribution >= 0.6 is 11.3 Å². The molecule has 0 saturated carbocycles. The number of carbonyl (C=O) groups is 1. The van der Waals surface area contributed by atoms with Crippen molar-refractivity contribution in [1.29, 1.82) is 0 Å². The summed E-state index contributed by atoms with van der Waals surface area (Å²) >= 11 is 1.52. The highest BCUT2D eigenvalue weighted by Gasteiger charge is 2.33. The van der Waals surface area contributed by atoms with Crippen LogP contribution in [0.1, 0.15) is 21.7 Å². The number of sulfone groups is 1. The fraction of sp³-hybridized carbons (Fsp3) is 0.500. The van der Waals surface area contributed by atoms with Crippen molar-refractivity contribution in [3.63, 3.8) is 0 Å². The number of Topliss-reactive ketones (excluding diaryl/α,β-unsaturated/α-hetero) is 1. The van der Waals surface area contributed by atoms with E-state index in [4.69, 9.17) is 0 Å². The second kappa shape index (κ2) is 3.72. The Balaban J connectivity index is 2.17. The quantitative estimate of drug-likeness (QED) is 0.744. The molecular weight excluding hydrogens is 232 g/mol. The summed E-state index contributed by atoms with van der Waals surface area (Å²) in [5, 5.41) is 1.81. The highest BCUT2D eigenvalue weighted by molar-refractivity contribution is 7.91. The maximum atomic E-state index is 11.9. The van der Waals surface area contributed by atoms with Crippen LogP contribution in [-0.4, -0.2) is 25.7 Å². The molecule has 1 fully saturated rings. The van der Waals surface area contributed by atoms with Gasteiger partial charge in [-0.15, -0.1) is 11.3 Å². The molecule has 0 N–H and O–H groups in total. The predicted octanol–water partition coefficient (Wildman–Crippen LogP) is 1.67. The second-order valence-electron chi connectivity index (χ2n) is 3.91. The topological polar surface area (TPSA) is 51.2 Å². The van der Waals surface area contributed by atoms with Gasteiger partial charge >= 0.3 is 0 Å². The Bertz CT molecular complexity index is 485. The van der Waals surface area contributed by atoms with E-state index in [1.165, 1.54) is 11.3 Å². The minimum atomic E-state index is -2.96. The molecular formula is C10H12O3S2. The van der Waals surface area contributed by atoms with Gasteiger partial charge in [0.05, 0.1) is 11.5 Å². The number of hydrogen-bond acceptors (Lipinski definition) is 4. The minimum Gasteiger partial charge on any atom is -0.294 e. The minimum absolute atomic E-state index is 0.0135. The van der Waals surface area contributed by atoms with Crippen molar-refractivity contribution in [2.75, 3.05) is 11.5 Å². The second-order valence-corrected chi connectivity index (χ2v) is 7.25. The van der Waals surface area contributed by atoms with Gasteiger partial charge in [-0.3, -0.25) is 4.79 Å². The van der Waals surface area contributed by atoms with E-state index in [2.05, 4.69) is 0 Å². The van der Waals surface area contributed by atoms with E-state index in [1.807, 2.05) is 18.4 Å². The third-order valence-corrected chi connectivity index (χ3v) is 5.25. The Hall–Kier alpha value is -0.680. The Morgan fingerprint density at radius 1 is 1.53 bits per heavy atom. The van der Waals surface area contributed by atoms with E-state index in [9.17, 15) is 13.2 Å². The smallest absolute Gasteiger partial charge is 0.167 e. The summed E-state index contributed by atoms with van der Waals surface area (Å²) in [6.45, 7) is 1.94. The van der Waals surface area contributed by atoms with Crippen LogP contribution in [0.2, 0.25) is 0 Å². The molecule has 0 radical (unpaired) electrons. The molecule has 1 aromatic rings. The summed E-state index contributed by atoms with van der Waals surface area (Å²) in [6, 6.07) is 1.83.